The highest BCUT2D eigenvalue weighted by molar-refractivity contribution is 7.99. The molecule has 28 heavy (non-hydrogen) atoms. The quantitative estimate of drug-likeness (QED) is 0.710. The van der Waals surface area contributed by atoms with Gasteiger partial charge >= 0.3 is 0 Å². The smallest absolute Gasteiger partial charge is 0.230 e. The van der Waals surface area contributed by atoms with Gasteiger partial charge in [-0.25, -0.2) is 0 Å². The number of thioether (sulfide) groups is 1. The van der Waals surface area contributed by atoms with E-state index in [-0.39, 0.29) is 5.91 Å². The van der Waals surface area contributed by atoms with E-state index in [0.29, 0.717) is 23.8 Å². The van der Waals surface area contributed by atoms with E-state index in [1.807, 2.05) is 24.3 Å². The molecule has 1 N–H and O–H groups in total. The highest BCUT2D eigenvalue weighted by atomic mass is 32.2. The van der Waals surface area contributed by atoms with Crippen LogP contribution in [0.25, 0.3) is 11.4 Å². The molecule has 1 amide bonds. The molecule has 2 atom stereocenters. The second kappa shape index (κ2) is 8.55. The van der Waals surface area contributed by atoms with E-state index in [1.54, 1.807) is 7.11 Å². The number of methoxy groups -OCH3 is 1. The summed E-state index contributed by atoms with van der Waals surface area (Å²) in [5.74, 6) is 2.75. The van der Waals surface area contributed by atoms with Crippen molar-refractivity contribution in [2.75, 3.05) is 12.9 Å². The van der Waals surface area contributed by atoms with Gasteiger partial charge in [-0.1, -0.05) is 31.5 Å². The van der Waals surface area contributed by atoms with Gasteiger partial charge in [-0.15, -0.1) is 10.2 Å². The van der Waals surface area contributed by atoms with Gasteiger partial charge in [0.25, 0.3) is 0 Å². The van der Waals surface area contributed by atoms with Crippen molar-refractivity contribution < 1.29 is 9.53 Å². The monoisotopic (exact) mass is 400 g/mol. The fraction of sp³-hybridized carbons (Fsp3) is 0.571. The first-order valence-corrected chi connectivity index (χ1v) is 11.2. The van der Waals surface area contributed by atoms with Gasteiger partial charge in [0.1, 0.15) is 5.75 Å². The minimum absolute atomic E-state index is 0.0877. The Kier molecular flexibility index (Phi) is 5.90. The SMILES string of the molecule is COc1ccc(-c2nnc(SCC(=O)NC3CC3)n2[C@H]2CCCC[C@@H]2C)cc1. The Morgan fingerprint density at radius 3 is 2.61 bits per heavy atom. The van der Waals surface area contributed by atoms with Crippen LogP contribution in [0.5, 0.6) is 5.75 Å². The molecular weight excluding hydrogens is 372 g/mol. The second-order valence-corrected chi connectivity index (χ2v) is 8.81. The molecule has 0 unspecified atom stereocenters. The number of benzene rings is 1. The Labute approximate surface area is 170 Å². The molecule has 0 bridgehead atoms. The standard InChI is InChI=1S/C21H28N4O2S/c1-14-5-3-4-6-18(14)25-20(15-7-11-17(27-2)12-8-15)23-24-21(25)28-13-19(26)22-16-9-10-16/h7-8,11-12,14,16,18H,3-6,9-10,13H2,1-2H3,(H,22,26)/t14-,18-/m0/s1. The third kappa shape index (κ3) is 4.35. The summed E-state index contributed by atoms with van der Waals surface area (Å²) in [4.78, 5) is 12.2. The zero-order valence-electron chi connectivity index (χ0n) is 16.6. The number of aromatic nitrogens is 3. The molecule has 4 rings (SSSR count). The molecule has 7 heteroatoms. The van der Waals surface area contributed by atoms with Gasteiger partial charge in [-0.2, -0.15) is 0 Å². The summed E-state index contributed by atoms with van der Waals surface area (Å²) in [5, 5.41) is 12.9. The number of nitrogens with one attached hydrogen (secondary N) is 1. The van der Waals surface area contributed by atoms with Crippen LogP contribution in [0.3, 0.4) is 0 Å². The number of hydrogen-bond donors (Lipinski definition) is 1. The van der Waals surface area contributed by atoms with Gasteiger partial charge in [0.15, 0.2) is 11.0 Å². The van der Waals surface area contributed by atoms with Gasteiger partial charge in [0.05, 0.1) is 12.9 Å². The van der Waals surface area contributed by atoms with Crippen molar-refractivity contribution in [3.8, 4) is 17.1 Å². The molecule has 0 saturated heterocycles. The van der Waals surface area contributed by atoms with Gasteiger partial charge < -0.3 is 10.1 Å². The van der Waals surface area contributed by atoms with Crippen molar-refractivity contribution in [2.24, 2.45) is 5.92 Å². The minimum atomic E-state index is 0.0877. The molecule has 6 nitrogen and oxygen atoms in total. The molecule has 2 saturated carbocycles. The number of ether oxygens (including phenoxy) is 1. The Morgan fingerprint density at radius 1 is 1.18 bits per heavy atom. The maximum absolute atomic E-state index is 12.2. The number of carbonyl (C=O) groups is 1. The lowest BCUT2D eigenvalue weighted by atomic mass is 9.85. The first-order valence-electron chi connectivity index (χ1n) is 10.2. The molecule has 150 valence electrons. The molecule has 1 aromatic heterocycles. The number of rotatable bonds is 7. The van der Waals surface area contributed by atoms with E-state index in [1.165, 1.54) is 31.0 Å². The Morgan fingerprint density at radius 2 is 1.93 bits per heavy atom. The first-order chi connectivity index (χ1) is 13.7. The van der Waals surface area contributed by atoms with Crippen molar-refractivity contribution in [1.29, 1.82) is 0 Å². The van der Waals surface area contributed by atoms with Gasteiger partial charge in [0.2, 0.25) is 5.91 Å². The summed E-state index contributed by atoms with van der Waals surface area (Å²) in [6.45, 7) is 2.32. The largest absolute Gasteiger partial charge is 0.497 e. The molecule has 2 aromatic rings. The topological polar surface area (TPSA) is 69.0 Å². The highest BCUT2D eigenvalue weighted by Crippen LogP contribution is 2.39. The molecule has 2 fully saturated rings. The Bertz CT molecular complexity index is 816. The molecule has 0 radical (unpaired) electrons. The third-order valence-electron chi connectivity index (χ3n) is 5.69. The van der Waals surface area contributed by atoms with Crippen LogP contribution in [0.1, 0.15) is 51.5 Å². The van der Waals surface area contributed by atoms with Crippen LogP contribution in [-0.2, 0) is 4.79 Å². The molecule has 2 aliphatic carbocycles. The van der Waals surface area contributed by atoms with E-state index in [0.717, 1.165) is 41.6 Å². The summed E-state index contributed by atoms with van der Waals surface area (Å²) in [6.07, 6.45) is 7.06. The van der Waals surface area contributed by atoms with Crippen LogP contribution < -0.4 is 10.1 Å². The van der Waals surface area contributed by atoms with Crippen molar-refractivity contribution in [2.45, 2.75) is 62.7 Å². The summed E-state index contributed by atoms with van der Waals surface area (Å²) < 4.78 is 7.56. The molecule has 0 aliphatic heterocycles. The lowest BCUT2D eigenvalue weighted by molar-refractivity contribution is -0.118. The average molecular weight is 401 g/mol. The maximum atomic E-state index is 12.2. The van der Waals surface area contributed by atoms with Crippen LogP contribution in [-0.4, -0.2) is 39.6 Å². The minimum Gasteiger partial charge on any atom is -0.497 e. The van der Waals surface area contributed by atoms with Crippen LogP contribution in [0.15, 0.2) is 29.4 Å². The van der Waals surface area contributed by atoms with Crippen molar-refractivity contribution in [3.63, 3.8) is 0 Å². The predicted molar refractivity (Wildman–Crippen MR) is 111 cm³/mol. The van der Waals surface area contributed by atoms with Gasteiger partial charge in [-0.05, 0) is 55.9 Å². The lowest BCUT2D eigenvalue weighted by Gasteiger charge is -2.31. The normalized spacial score (nSPS) is 22.1. The molecular formula is C21H28N4O2S. The fourth-order valence-corrected chi connectivity index (χ4v) is 4.72. The Hall–Kier alpha value is -2.02. The van der Waals surface area contributed by atoms with Crippen molar-refractivity contribution >= 4 is 17.7 Å². The lowest BCUT2D eigenvalue weighted by Crippen LogP contribution is -2.27. The number of hydrogen-bond acceptors (Lipinski definition) is 5. The van der Waals surface area contributed by atoms with Crippen molar-refractivity contribution in [1.82, 2.24) is 20.1 Å². The average Bonchev–Trinajstić information content (AvgIpc) is 3.43. The maximum Gasteiger partial charge on any atom is 0.230 e. The molecule has 1 aromatic carbocycles. The molecule has 1 heterocycles. The first kappa shape index (κ1) is 19.3. The molecule has 2 aliphatic rings. The van der Waals surface area contributed by atoms with Crippen LogP contribution >= 0.6 is 11.8 Å². The van der Waals surface area contributed by atoms with Crippen LogP contribution in [0.4, 0.5) is 0 Å². The van der Waals surface area contributed by atoms with Crippen LogP contribution in [0, 0.1) is 5.92 Å². The number of amides is 1. The van der Waals surface area contributed by atoms with Crippen molar-refractivity contribution in [3.05, 3.63) is 24.3 Å². The van der Waals surface area contributed by atoms with E-state index in [4.69, 9.17) is 4.74 Å². The van der Waals surface area contributed by atoms with Gasteiger partial charge in [0, 0.05) is 17.6 Å². The number of nitrogens with zero attached hydrogens (tertiary/aromatic N) is 3. The third-order valence-corrected chi connectivity index (χ3v) is 6.63. The second-order valence-electron chi connectivity index (χ2n) is 7.86. The summed E-state index contributed by atoms with van der Waals surface area (Å²) >= 11 is 1.50. The summed E-state index contributed by atoms with van der Waals surface area (Å²) in [5.41, 5.74) is 1.03. The van der Waals surface area contributed by atoms with E-state index >= 15 is 0 Å². The number of carbonyl (C=O) groups excluding carboxylic acids is 1. The van der Waals surface area contributed by atoms with Crippen LogP contribution in [0.2, 0.25) is 0 Å². The zero-order valence-corrected chi connectivity index (χ0v) is 17.4. The van der Waals surface area contributed by atoms with E-state index < -0.39 is 0 Å². The summed E-state index contributed by atoms with van der Waals surface area (Å²) in [6, 6.07) is 8.72. The van der Waals surface area contributed by atoms with Gasteiger partial charge in [-0.3, -0.25) is 9.36 Å². The highest BCUT2D eigenvalue weighted by Gasteiger charge is 2.29. The fourth-order valence-electron chi connectivity index (χ4n) is 3.92. The Balaban J connectivity index is 1.60. The molecule has 0 spiro atoms. The predicted octanol–water partition coefficient (Wildman–Crippen LogP) is 4.08. The summed E-state index contributed by atoms with van der Waals surface area (Å²) in [7, 11) is 1.67. The van der Waals surface area contributed by atoms with E-state index in [9.17, 15) is 4.79 Å². The van der Waals surface area contributed by atoms with E-state index in [2.05, 4.69) is 27.0 Å². The zero-order chi connectivity index (χ0) is 19.5.